The summed E-state index contributed by atoms with van der Waals surface area (Å²) in [6, 6.07) is 6.41. The maximum Gasteiger partial charge on any atom is 0.245 e. The summed E-state index contributed by atoms with van der Waals surface area (Å²) in [6.07, 6.45) is 0. The van der Waals surface area contributed by atoms with Gasteiger partial charge in [0.15, 0.2) is 5.82 Å². The Labute approximate surface area is 138 Å². The lowest BCUT2D eigenvalue weighted by molar-refractivity contribution is -0.120. The number of carbonyl (C=O) groups is 2. The Hall–Kier alpha value is -2.54. The van der Waals surface area contributed by atoms with E-state index in [9.17, 15) is 9.59 Å². The van der Waals surface area contributed by atoms with E-state index in [2.05, 4.69) is 10.5 Å². The summed E-state index contributed by atoms with van der Waals surface area (Å²) < 4.78 is 10.1. The fourth-order valence-corrected chi connectivity index (χ4v) is 2.16. The zero-order valence-corrected chi connectivity index (χ0v) is 13.7. The van der Waals surface area contributed by atoms with E-state index in [1.54, 1.807) is 31.2 Å². The Morgan fingerprint density at radius 2 is 2.13 bits per heavy atom. The summed E-state index contributed by atoms with van der Waals surface area (Å²) in [4.78, 5) is 25.3. The molecule has 2 aromatic rings. The van der Waals surface area contributed by atoms with Gasteiger partial charge < -0.3 is 14.6 Å². The fourth-order valence-electron chi connectivity index (χ4n) is 1.99. The zero-order chi connectivity index (χ0) is 17.0. The number of anilines is 2. The first-order valence-corrected chi connectivity index (χ1v) is 7.13. The second-order valence-corrected chi connectivity index (χ2v) is 5.23. The van der Waals surface area contributed by atoms with Gasteiger partial charge in [-0.05, 0) is 25.1 Å². The van der Waals surface area contributed by atoms with E-state index in [-0.39, 0.29) is 18.3 Å². The van der Waals surface area contributed by atoms with Crippen LogP contribution in [0.4, 0.5) is 11.5 Å². The maximum absolute atomic E-state index is 12.1. The molecule has 0 radical (unpaired) electrons. The van der Waals surface area contributed by atoms with Crippen molar-refractivity contribution in [1.82, 2.24) is 5.16 Å². The lowest BCUT2D eigenvalue weighted by Gasteiger charge is -2.22. The molecule has 0 fully saturated rings. The SMILES string of the molecule is COc1ccc(Cl)cc1N(CC(=O)Nc1cc(C)on1)C(C)=O. The number of ether oxygens (including phenoxy) is 1. The van der Waals surface area contributed by atoms with E-state index in [0.717, 1.165) is 0 Å². The normalized spacial score (nSPS) is 10.3. The standard InChI is InChI=1S/C15H16ClN3O4/c1-9-6-14(18-23-9)17-15(21)8-19(10(2)20)12-7-11(16)4-5-13(12)22-3/h4-7H,8H2,1-3H3,(H,17,18,21). The van der Waals surface area contributed by atoms with Crippen LogP contribution in [0.15, 0.2) is 28.8 Å². The van der Waals surface area contributed by atoms with Gasteiger partial charge in [0.05, 0.1) is 12.8 Å². The van der Waals surface area contributed by atoms with Crippen LogP contribution in [-0.2, 0) is 9.59 Å². The van der Waals surface area contributed by atoms with Crippen molar-refractivity contribution in [3.05, 3.63) is 35.0 Å². The molecule has 0 saturated carbocycles. The number of methoxy groups -OCH3 is 1. The third-order valence-electron chi connectivity index (χ3n) is 3.01. The quantitative estimate of drug-likeness (QED) is 0.906. The predicted molar refractivity (Wildman–Crippen MR) is 85.9 cm³/mol. The molecule has 1 N–H and O–H groups in total. The highest BCUT2D eigenvalue weighted by Crippen LogP contribution is 2.31. The van der Waals surface area contributed by atoms with Gasteiger partial charge in [0.1, 0.15) is 18.1 Å². The van der Waals surface area contributed by atoms with Crippen LogP contribution in [-0.4, -0.2) is 30.6 Å². The molecular formula is C15H16ClN3O4. The summed E-state index contributed by atoms with van der Waals surface area (Å²) in [5, 5.41) is 6.66. The van der Waals surface area contributed by atoms with E-state index in [0.29, 0.717) is 22.2 Å². The van der Waals surface area contributed by atoms with Crippen molar-refractivity contribution in [2.75, 3.05) is 23.9 Å². The number of aryl methyl sites for hydroxylation is 1. The molecule has 7 nitrogen and oxygen atoms in total. The van der Waals surface area contributed by atoms with Crippen molar-refractivity contribution in [1.29, 1.82) is 0 Å². The summed E-state index contributed by atoms with van der Waals surface area (Å²) in [7, 11) is 1.48. The summed E-state index contributed by atoms with van der Waals surface area (Å²) in [5.74, 6) is 0.552. The lowest BCUT2D eigenvalue weighted by Crippen LogP contribution is -2.37. The molecule has 0 aliphatic rings. The van der Waals surface area contributed by atoms with Crippen LogP contribution in [0.25, 0.3) is 0 Å². The van der Waals surface area contributed by atoms with Gasteiger partial charge in [0.2, 0.25) is 11.8 Å². The van der Waals surface area contributed by atoms with Gasteiger partial charge in [-0.3, -0.25) is 14.5 Å². The van der Waals surface area contributed by atoms with Gasteiger partial charge in [-0.15, -0.1) is 0 Å². The van der Waals surface area contributed by atoms with Gasteiger partial charge in [-0.2, -0.15) is 0 Å². The van der Waals surface area contributed by atoms with Gasteiger partial charge in [-0.1, -0.05) is 16.8 Å². The molecular weight excluding hydrogens is 322 g/mol. The van der Waals surface area contributed by atoms with Crippen LogP contribution in [0.1, 0.15) is 12.7 Å². The minimum Gasteiger partial charge on any atom is -0.495 e. The molecule has 0 unspecified atom stereocenters. The number of hydrogen-bond donors (Lipinski definition) is 1. The molecule has 0 bridgehead atoms. The summed E-state index contributed by atoms with van der Waals surface area (Å²) in [6.45, 7) is 2.85. The van der Waals surface area contributed by atoms with E-state index in [1.165, 1.54) is 18.9 Å². The average Bonchev–Trinajstić information content (AvgIpc) is 2.89. The van der Waals surface area contributed by atoms with Crippen LogP contribution >= 0.6 is 11.6 Å². The number of halogens is 1. The van der Waals surface area contributed by atoms with Crippen LogP contribution in [0, 0.1) is 6.92 Å². The smallest absolute Gasteiger partial charge is 0.245 e. The van der Waals surface area contributed by atoms with Gasteiger partial charge in [-0.25, -0.2) is 0 Å². The first-order valence-electron chi connectivity index (χ1n) is 6.75. The summed E-state index contributed by atoms with van der Waals surface area (Å²) >= 11 is 5.98. The predicted octanol–water partition coefficient (Wildman–Crippen LogP) is 2.64. The van der Waals surface area contributed by atoms with Crippen LogP contribution in [0.3, 0.4) is 0 Å². The van der Waals surface area contributed by atoms with Crippen LogP contribution in [0.2, 0.25) is 5.02 Å². The topological polar surface area (TPSA) is 84.7 Å². The molecule has 1 aromatic carbocycles. The maximum atomic E-state index is 12.1. The van der Waals surface area contributed by atoms with Crippen molar-refractivity contribution >= 4 is 34.9 Å². The Balaban J connectivity index is 2.20. The third kappa shape index (κ3) is 4.23. The van der Waals surface area contributed by atoms with Crippen LogP contribution < -0.4 is 15.0 Å². The number of aromatic nitrogens is 1. The number of nitrogens with one attached hydrogen (secondary N) is 1. The van der Waals surface area contributed by atoms with Gasteiger partial charge in [0.25, 0.3) is 0 Å². The summed E-state index contributed by atoms with van der Waals surface area (Å²) in [5.41, 5.74) is 0.416. The highest BCUT2D eigenvalue weighted by Gasteiger charge is 2.20. The molecule has 8 heteroatoms. The molecule has 1 heterocycles. The van der Waals surface area contributed by atoms with E-state index >= 15 is 0 Å². The monoisotopic (exact) mass is 337 g/mol. The van der Waals surface area contributed by atoms with Gasteiger partial charge in [0, 0.05) is 18.0 Å². The van der Waals surface area contributed by atoms with Crippen LogP contribution in [0.5, 0.6) is 5.75 Å². The molecule has 23 heavy (non-hydrogen) atoms. The molecule has 0 atom stereocenters. The molecule has 1 aromatic heterocycles. The van der Waals surface area contributed by atoms with Crippen molar-refractivity contribution in [2.45, 2.75) is 13.8 Å². The Morgan fingerprint density at radius 3 is 2.70 bits per heavy atom. The van der Waals surface area contributed by atoms with E-state index in [4.69, 9.17) is 20.9 Å². The molecule has 0 aliphatic heterocycles. The van der Waals surface area contributed by atoms with Crippen molar-refractivity contribution in [3.8, 4) is 5.75 Å². The number of benzene rings is 1. The number of amides is 2. The largest absolute Gasteiger partial charge is 0.495 e. The van der Waals surface area contributed by atoms with E-state index < -0.39 is 5.91 Å². The number of nitrogens with zero attached hydrogens (tertiary/aromatic N) is 2. The number of rotatable bonds is 5. The average molecular weight is 338 g/mol. The molecule has 2 rings (SSSR count). The highest BCUT2D eigenvalue weighted by molar-refractivity contribution is 6.31. The Morgan fingerprint density at radius 1 is 1.39 bits per heavy atom. The molecule has 0 aliphatic carbocycles. The Bertz CT molecular complexity index is 729. The highest BCUT2D eigenvalue weighted by atomic mass is 35.5. The second-order valence-electron chi connectivity index (χ2n) is 4.79. The molecule has 2 amide bonds. The molecule has 0 spiro atoms. The number of carbonyl (C=O) groups excluding carboxylic acids is 2. The van der Waals surface area contributed by atoms with Crippen molar-refractivity contribution in [3.63, 3.8) is 0 Å². The van der Waals surface area contributed by atoms with Gasteiger partial charge >= 0.3 is 0 Å². The fraction of sp³-hybridized carbons (Fsp3) is 0.267. The minimum atomic E-state index is -0.421. The number of hydrogen-bond acceptors (Lipinski definition) is 5. The molecule has 0 saturated heterocycles. The first kappa shape index (κ1) is 16.8. The molecule has 122 valence electrons. The van der Waals surface area contributed by atoms with E-state index in [1.807, 2.05) is 0 Å². The second kappa shape index (κ2) is 7.15. The Kier molecular flexibility index (Phi) is 5.23. The lowest BCUT2D eigenvalue weighted by atomic mass is 10.2. The third-order valence-corrected chi connectivity index (χ3v) is 3.24. The minimum absolute atomic E-state index is 0.210. The first-order chi connectivity index (χ1) is 10.9. The van der Waals surface area contributed by atoms with Crippen molar-refractivity contribution < 1.29 is 18.8 Å². The van der Waals surface area contributed by atoms with Crippen molar-refractivity contribution in [2.24, 2.45) is 0 Å². The zero-order valence-electron chi connectivity index (χ0n) is 12.9.